The Labute approximate surface area is 105 Å². The van der Waals surface area contributed by atoms with Gasteiger partial charge in [-0.15, -0.1) is 0 Å². The summed E-state index contributed by atoms with van der Waals surface area (Å²) in [5, 5.41) is 0.931. The maximum atomic E-state index is 12.3. The number of carbonyl (C=O) groups is 1. The molecule has 4 heteroatoms. The molecule has 0 radical (unpaired) electrons. The number of Topliss-reactive ketones (excluding diaryl/α,β-unsaturated/α-hetero) is 1. The molecule has 1 aromatic heterocycles. The minimum Gasteiger partial charge on any atom is -0.453 e. The molecule has 1 aliphatic rings. The average molecular weight is 245 g/mol. The zero-order chi connectivity index (χ0) is 12.8. The Morgan fingerprint density at radius 3 is 2.94 bits per heavy atom. The molecule has 2 heterocycles. The SMILES string of the molecule is Cc1ccc2oc(C(=O)C3(N)CCOC3)cc2c1. The summed E-state index contributed by atoms with van der Waals surface area (Å²) in [4.78, 5) is 12.3. The lowest BCUT2D eigenvalue weighted by atomic mass is 9.93. The molecular weight excluding hydrogens is 230 g/mol. The first kappa shape index (κ1) is 11.4. The molecule has 1 atom stereocenters. The molecule has 1 fully saturated rings. The predicted molar refractivity (Wildman–Crippen MR) is 67.6 cm³/mol. The predicted octanol–water partition coefficient (Wildman–Crippen LogP) is 2.04. The van der Waals surface area contributed by atoms with Crippen LogP contribution in [0.25, 0.3) is 11.0 Å². The van der Waals surface area contributed by atoms with Crippen molar-refractivity contribution < 1.29 is 13.9 Å². The van der Waals surface area contributed by atoms with Gasteiger partial charge in [0.15, 0.2) is 5.76 Å². The normalized spacial score (nSPS) is 23.7. The van der Waals surface area contributed by atoms with Crippen molar-refractivity contribution in [3.63, 3.8) is 0 Å². The number of nitrogens with two attached hydrogens (primary N) is 1. The minimum absolute atomic E-state index is 0.172. The fourth-order valence-electron chi connectivity index (χ4n) is 2.28. The first-order chi connectivity index (χ1) is 8.58. The maximum absolute atomic E-state index is 12.3. The largest absolute Gasteiger partial charge is 0.453 e. The number of ether oxygens (including phenoxy) is 1. The summed E-state index contributed by atoms with van der Waals surface area (Å²) < 4.78 is 10.8. The molecule has 3 rings (SSSR count). The van der Waals surface area contributed by atoms with Gasteiger partial charge in [0, 0.05) is 12.0 Å². The molecule has 2 aromatic rings. The molecule has 0 aliphatic carbocycles. The number of hydrogen-bond acceptors (Lipinski definition) is 4. The highest BCUT2D eigenvalue weighted by Crippen LogP contribution is 2.26. The van der Waals surface area contributed by atoms with Gasteiger partial charge in [0.25, 0.3) is 0 Å². The summed E-state index contributed by atoms with van der Waals surface area (Å²) in [6.07, 6.45) is 0.544. The van der Waals surface area contributed by atoms with Crippen molar-refractivity contribution in [2.45, 2.75) is 18.9 Å². The monoisotopic (exact) mass is 245 g/mol. The Bertz CT molecular complexity index is 609. The van der Waals surface area contributed by atoms with E-state index in [4.69, 9.17) is 14.9 Å². The summed E-state index contributed by atoms with van der Waals surface area (Å²) in [5.74, 6) is 0.150. The first-order valence-corrected chi connectivity index (χ1v) is 6.00. The van der Waals surface area contributed by atoms with Crippen LogP contribution in [-0.2, 0) is 4.74 Å². The van der Waals surface area contributed by atoms with E-state index in [-0.39, 0.29) is 12.4 Å². The first-order valence-electron chi connectivity index (χ1n) is 6.00. The molecule has 18 heavy (non-hydrogen) atoms. The lowest BCUT2D eigenvalue weighted by Gasteiger charge is -2.17. The number of rotatable bonds is 2. The van der Waals surface area contributed by atoms with Gasteiger partial charge in [0.2, 0.25) is 5.78 Å². The number of hydrogen-bond donors (Lipinski definition) is 1. The third-order valence-electron chi connectivity index (χ3n) is 3.40. The van der Waals surface area contributed by atoms with E-state index < -0.39 is 5.54 Å². The van der Waals surface area contributed by atoms with Crippen LogP contribution in [0, 0.1) is 6.92 Å². The van der Waals surface area contributed by atoms with E-state index in [2.05, 4.69) is 0 Å². The summed E-state index contributed by atoms with van der Waals surface area (Å²) in [6.45, 7) is 2.80. The van der Waals surface area contributed by atoms with Crippen LogP contribution in [0.5, 0.6) is 0 Å². The number of fused-ring (bicyclic) bond motifs is 1. The van der Waals surface area contributed by atoms with E-state index in [1.54, 1.807) is 6.07 Å². The second-order valence-electron chi connectivity index (χ2n) is 4.94. The van der Waals surface area contributed by atoms with Gasteiger partial charge in [-0.1, -0.05) is 11.6 Å². The van der Waals surface area contributed by atoms with Crippen LogP contribution in [0.4, 0.5) is 0 Å². The van der Waals surface area contributed by atoms with E-state index >= 15 is 0 Å². The summed E-state index contributed by atoms with van der Waals surface area (Å²) in [5.41, 5.74) is 6.97. The number of carbonyl (C=O) groups excluding carboxylic acids is 1. The molecule has 0 saturated carbocycles. The Morgan fingerprint density at radius 2 is 2.22 bits per heavy atom. The second-order valence-corrected chi connectivity index (χ2v) is 4.94. The quantitative estimate of drug-likeness (QED) is 0.822. The number of furan rings is 1. The summed E-state index contributed by atoms with van der Waals surface area (Å²) in [7, 11) is 0. The highest BCUT2D eigenvalue weighted by Gasteiger charge is 2.40. The van der Waals surface area contributed by atoms with Gasteiger partial charge in [-0.05, 0) is 31.5 Å². The second kappa shape index (κ2) is 3.93. The fraction of sp³-hybridized carbons (Fsp3) is 0.357. The summed E-state index contributed by atoms with van der Waals surface area (Å²) >= 11 is 0. The van der Waals surface area contributed by atoms with Crippen LogP contribution in [0.15, 0.2) is 28.7 Å². The Morgan fingerprint density at radius 1 is 1.39 bits per heavy atom. The highest BCUT2D eigenvalue weighted by molar-refractivity contribution is 6.03. The van der Waals surface area contributed by atoms with Crippen molar-refractivity contribution in [2.24, 2.45) is 5.73 Å². The van der Waals surface area contributed by atoms with Crippen LogP contribution in [0.1, 0.15) is 22.5 Å². The molecule has 1 saturated heterocycles. The zero-order valence-corrected chi connectivity index (χ0v) is 10.2. The van der Waals surface area contributed by atoms with Crippen molar-refractivity contribution in [3.05, 3.63) is 35.6 Å². The van der Waals surface area contributed by atoms with Gasteiger partial charge < -0.3 is 14.9 Å². The van der Waals surface area contributed by atoms with Crippen LogP contribution in [-0.4, -0.2) is 24.5 Å². The minimum atomic E-state index is -0.928. The lowest BCUT2D eigenvalue weighted by Crippen LogP contribution is -2.48. The van der Waals surface area contributed by atoms with Crippen molar-refractivity contribution in [2.75, 3.05) is 13.2 Å². The highest BCUT2D eigenvalue weighted by atomic mass is 16.5. The van der Waals surface area contributed by atoms with E-state index in [1.165, 1.54) is 0 Å². The molecule has 1 aliphatic heterocycles. The Hall–Kier alpha value is -1.65. The summed E-state index contributed by atoms with van der Waals surface area (Å²) in [6, 6.07) is 7.58. The van der Waals surface area contributed by atoms with E-state index in [0.29, 0.717) is 24.4 Å². The van der Waals surface area contributed by atoms with Crippen molar-refractivity contribution in [1.82, 2.24) is 0 Å². The smallest absolute Gasteiger partial charge is 0.220 e. The van der Waals surface area contributed by atoms with Gasteiger partial charge in [0.1, 0.15) is 11.1 Å². The fourth-order valence-corrected chi connectivity index (χ4v) is 2.28. The number of ketones is 1. The standard InChI is InChI=1S/C14H15NO3/c1-9-2-3-11-10(6-9)7-12(18-11)13(16)14(15)4-5-17-8-14/h2-3,6-7H,4-5,8,15H2,1H3. The van der Waals surface area contributed by atoms with E-state index in [0.717, 1.165) is 10.9 Å². The Kier molecular flexibility index (Phi) is 2.50. The van der Waals surface area contributed by atoms with Gasteiger partial charge >= 0.3 is 0 Å². The third kappa shape index (κ3) is 1.74. The molecule has 2 N–H and O–H groups in total. The van der Waals surface area contributed by atoms with Gasteiger partial charge in [-0.25, -0.2) is 0 Å². The third-order valence-corrected chi connectivity index (χ3v) is 3.40. The van der Waals surface area contributed by atoms with Crippen LogP contribution < -0.4 is 5.73 Å². The van der Waals surface area contributed by atoms with Crippen LogP contribution in [0.2, 0.25) is 0 Å². The van der Waals surface area contributed by atoms with Gasteiger partial charge in [0.05, 0.1) is 6.61 Å². The van der Waals surface area contributed by atoms with Crippen LogP contribution in [0.3, 0.4) is 0 Å². The van der Waals surface area contributed by atoms with E-state index in [9.17, 15) is 4.79 Å². The average Bonchev–Trinajstić information content (AvgIpc) is 2.94. The molecule has 94 valence electrons. The maximum Gasteiger partial charge on any atom is 0.220 e. The zero-order valence-electron chi connectivity index (χ0n) is 10.2. The molecule has 1 aromatic carbocycles. The van der Waals surface area contributed by atoms with Crippen LogP contribution >= 0.6 is 0 Å². The number of benzene rings is 1. The molecule has 1 unspecified atom stereocenters. The van der Waals surface area contributed by atoms with Crippen molar-refractivity contribution >= 4 is 16.8 Å². The number of aryl methyl sites for hydroxylation is 1. The lowest BCUT2D eigenvalue weighted by molar-refractivity contribution is 0.0836. The van der Waals surface area contributed by atoms with Crippen molar-refractivity contribution in [1.29, 1.82) is 0 Å². The Balaban J connectivity index is 2.01. The molecule has 0 spiro atoms. The van der Waals surface area contributed by atoms with Crippen molar-refractivity contribution in [3.8, 4) is 0 Å². The molecule has 0 amide bonds. The van der Waals surface area contributed by atoms with Gasteiger partial charge in [-0.2, -0.15) is 0 Å². The topological polar surface area (TPSA) is 65.5 Å². The molecule has 4 nitrogen and oxygen atoms in total. The molecule has 0 bridgehead atoms. The van der Waals surface area contributed by atoms with E-state index in [1.807, 2.05) is 25.1 Å². The molecular formula is C14H15NO3. The van der Waals surface area contributed by atoms with Gasteiger partial charge in [-0.3, -0.25) is 4.79 Å².